The molecule has 0 radical (unpaired) electrons. The summed E-state index contributed by atoms with van der Waals surface area (Å²) < 4.78 is 41.2. The van der Waals surface area contributed by atoms with Crippen LogP contribution in [0.15, 0.2) is 36.5 Å². The maximum Gasteiger partial charge on any atom is 0.232 e. The third-order valence-electron chi connectivity index (χ3n) is 5.08. The minimum atomic E-state index is -3.76. The van der Waals surface area contributed by atoms with Gasteiger partial charge >= 0.3 is 0 Å². The fourth-order valence-corrected chi connectivity index (χ4v) is 4.53. The zero-order valence-corrected chi connectivity index (χ0v) is 17.3. The highest BCUT2D eigenvalue weighted by atomic mass is 32.2. The number of aromatic amines is 1. The number of sulfonamides is 1. The van der Waals surface area contributed by atoms with Gasteiger partial charge in [0, 0.05) is 24.0 Å². The number of rotatable bonds is 9. The highest BCUT2D eigenvalue weighted by molar-refractivity contribution is 7.92. The highest BCUT2D eigenvalue weighted by Crippen LogP contribution is 2.36. The summed E-state index contributed by atoms with van der Waals surface area (Å²) in [6.45, 7) is 0. The molecule has 0 spiro atoms. The van der Waals surface area contributed by atoms with E-state index < -0.39 is 15.8 Å². The second-order valence-corrected chi connectivity index (χ2v) is 9.23. The SMILES string of the molecule is N#CCCCS(=O)(=O)Nc1ccc(-c2cc(N(C=O)C3CC3)nc3[nH]ccc23)cc1F. The van der Waals surface area contributed by atoms with E-state index in [0.29, 0.717) is 22.6 Å². The van der Waals surface area contributed by atoms with Gasteiger partial charge in [0.25, 0.3) is 0 Å². The number of anilines is 2. The Hall–Kier alpha value is -3.45. The van der Waals surface area contributed by atoms with Gasteiger partial charge in [-0.15, -0.1) is 0 Å². The van der Waals surface area contributed by atoms with E-state index in [2.05, 4.69) is 14.7 Å². The van der Waals surface area contributed by atoms with Crippen LogP contribution in [0, 0.1) is 17.1 Å². The van der Waals surface area contributed by atoms with Gasteiger partial charge in [0.2, 0.25) is 16.4 Å². The maximum atomic E-state index is 14.8. The number of benzene rings is 1. The number of H-pyrrole nitrogens is 1. The van der Waals surface area contributed by atoms with Crippen LogP contribution < -0.4 is 9.62 Å². The lowest BCUT2D eigenvalue weighted by Gasteiger charge is -2.17. The fourth-order valence-electron chi connectivity index (χ4n) is 3.40. The lowest BCUT2D eigenvalue weighted by atomic mass is 10.0. The van der Waals surface area contributed by atoms with E-state index in [1.54, 1.807) is 23.2 Å². The minimum absolute atomic E-state index is 0.109. The van der Waals surface area contributed by atoms with Crippen molar-refractivity contribution in [1.29, 1.82) is 5.26 Å². The molecule has 1 amide bonds. The summed E-state index contributed by atoms with van der Waals surface area (Å²) in [5, 5.41) is 9.30. The normalized spacial score (nSPS) is 13.7. The molecular formula is C21H20FN5O3S. The monoisotopic (exact) mass is 441 g/mol. The average molecular weight is 441 g/mol. The molecule has 1 saturated carbocycles. The van der Waals surface area contributed by atoms with Gasteiger partial charge in [-0.3, -0.25) is 14.4 Å². The predicted molar refractivity (Wildman–Crippen MR) is 115 cm³/mol. The summed E-state index contributed by atoms with van der Waals surface area (Å²) in [4.78, 5) is 20.7. The number of pyridine rings is 1. The number of nitrogens with zero attached hydrogens (tertiary/aromatic N) is 3. The number of halogens is 1. The Morgan fingerprint density at radius 2 is 2.13 bits per heavy atom. The van der Waals surface area contributed by atoms with Crippen molar-refractivity contribution < 1.29 is 17.6 Å². The first-order chi connectivity index (χ1) is 14.9. The molecule has 0 atom stereocenters. The maximum absolute atomic E-state index is 14.8. The van der Waals surface area contributed by atoms with Gasteiger partial charge in [-0.05, 0) is 54.7 Å². The van der Waals surface area contributed by atoms with Crippen LogP contribution in [0.4, 0.5) is 15.9 Å². The van der Waals surface area contributed by atoms with Crippen molar-refractivity contribution in [3.8, 4) is 17.2 Å². The van der Waals surface area contributed by atoms with E-state index in [9.17, 15) is 17.6 Å². The van der Waals surface area contributed by atoms with Crippen LogP contribution in [0.25, 0.3) is 22.2 Å². The summed E-state index contributed by atoms with van der Waals surface area (Å²) in [6, 6.07) is 9.79. The number of fused-ring (bicyclic) bond motifs is 1. The van der Waals surface area contributed by atoms with Crippen molar-refractivity contribution in [2.45, 2.75) is 31.7 Å². The van der Waals surface area contributed by atoms with Gasteiger partial charge in [-0.2, -0.15) is 5.26 Å². The molecule has 1 aliphatic carbocycles. The van der Waals surface area contributed by atoms with E-state index in [0.717, 1.165) is 24.6 Å². The molecular weight excluding hydrogens is 421 g/mol. The Kier molecular flexibility index (Phi) is 5.61. The number of nitrogens with one attached hydrogen (secondary N) is 2. The Labute approximate surface area is 178 Å². The molecule has 10 heteroatoms. The third kappa shape index (κ3) is 4.51. The Bertz CT molecular complexity index is 1280. The number of hydrogen-bond donors (Lipinski definition) is 2. The van der Waals surface area contributed by atoms with Crippen molar-refractivity contribution in [2.24, 2.45) is 0 Å². The number of aromatic nitrogens is 2. The number of hydrogen-bond acceptors (Lipinski definition) is 5. The molecule has 1 aliphatic rings. The van der Waals surface area contributed by atoms with Gasteiger partial charge in [0.15, 0.2) is 0 Å². The molecule has 2 N–H and O–H groups in total. The van der Waals surface area contributed by atoms with E-state index in [4.69, 9.17) is 5.26 Å². The van der Waals surface area contributed by atoms with Crippen molar-refractivity contribution in [3.05, 3.63) is 42.3 Å². The van der Waals surface area contributed by atoms with Gasteiger partial charge in [-0.1, -0.05) is 6.07 Å². The minimum Gasteiger partial charge on any atom is -0.346 e. The summed E-state index contributed by atoms with van der Waals surface area (Å²) in [6.07, 6.45) is 4.58. The Morgan fingerprint density at radius 3 is 2.81 bits per heavy atom. The molecule has 0 saturated heterocycles. The van der Waals surface area contributed by atoms with E-state index in [1.807, 2.05) is 12.1 Å². The summed E-state index contributed by atoms with van der Waals surface area (Å²) >= 11 is 0. The van der Waals surface area contributed by atoms with Crippen LogP contribution in [-0.2, 0) is 14.8 Å². The van der Waals surface area contributed by atoms with Crippen LogP contribution in [0.5, 0.6) is 0 Å². The second kappa shape index (κ2) is 8.35. The molecule has 2 heterocycles. The molecule has 0 unspecified atom stereocenters. The van der Waals surface area contributed by atoms with Gasteiger partial charge in [0.1, 0.15) is 17.3 Å². The first kappa shape index (κ1) is 20.8. The highest BCUT2D eigenvalue weighted by Gasteiger charge is 2.30. The lowest BCUT2D eigenvalue weighted by molar-refractivity contribution is -0.107. The van der Waals surface area contributed by atoms with Crippen LogP contribution in [0.2, 0.25) is 0 Å². The molecule has 4 rings (SSSR count). The first-order valence-corrected chi connectivity index (χ1v) is 11.5. The van der Waals surface area contributed by atoms with Crippen molar-refractivity contribution in [1.82, 2.24) is 9.97 Å². The molecule has 2 aromatic heterocycles. The smallest absolute Gasteiger partial charge is 0.232 e. The second-order valence-electron chi connectivity index (χ2n) is 7.39. The third-order valence-corrected chi connectivity index (χ3v) is 6.44. The van der Waals surface area contributed by atoms with Gasteiger partial charge < -0.3 is 4.98 Å². The van der Waals surface area contributed by atoms with Crippen LogP contribution >= 0.6 is 0 Å². The Balaban J connectivity index is 1.67. The topological polar surface area (TPSA) is 119 Å². The molecule has 3 aromatic rings. The van der Waals surface area contributed by atoms with Crippen LogP contribution in [0.1, 0.15) is 25.7 Å². The van der Waals surface area contributed by atoms with E-state index in [1.165, 1.54) is 12.1 Å². The van der Waals surface area contributed by atoms with Crippen molar-refractivity contribution >= 4 is 39.0 Å². The first-order valence-electron chi connectivity index (χ1n) is 9.81. The van der Waals surface area contributed by atoms with Gasteiger partial charge in [0.05, 0.1) is 17.5 Å². The van der Waals surface area contributed by atoms with Crippen LogP contribution in [-0.4, -0.2) is 36.6 Å². The van der Waals surface area contributed by atoms with Crippen molar-refractivity contribution in [3.63, 3.8) is 0 Å². The van der Waals surface area contributed by atoms with Crippen LogP contribution in [0.3, 0.4) is 0 Å². The zero-order valence-electron chi connectivity index (χ0n) is 16.5. The standard InChI is InChI=1S/C21H20FN5O3S/c22-18-11-14(3-6-19(18)26-31(29,30)10-2-1-8-23)17-12-20(27(13-28)15-4-5-15)25-21-16(17)7-9-24-21/h3,6-7,9,11-13,15,26H,1-2,4-5,10H2,(H,24,25). The molecule has 8 nitrogen and oxygen atoms in total. The van der Waals surface area contributed by atoms with Gasteiger partial charge in [-0.25, -0.2) is 17.8 Å². The molecule has 160 valence electrons. The molecule has 1 fully saturated rings. The van der Waals surface area contributed by atoms with E-state index in [-0.39, 0.29) is 30.3 Å². The number of nitriles is 1. The van der Waals surface area contributed by atoms with E-state index >= 15 is 0 Å². The molecule has 1 aromatic carbocycles. The molecule has 0 aliphatic heterocycles. The quantitative estimate of drug-likeness (QED) is 0.389. The summed E-state index contributed by atoms with van der Waals surface area (Å²) in [5.74, 6) is -0.509. The molecule has 31 heavy (non-hydrogen) atoms. The van der Waals surface area contributed by atoms with Crippen molar-refractivity contribution in [2.75, 3.05) is 15.4 Å². The molecule has 0 bridgehead atoms. The average Bonchev–Trinajstić information content (AvgIpc) is 3.45. The lowest BCUT2D eigenvalue weighted by Crippen LogP contribution is -2.24. The number of carbonyl (C=O) groups excluding carboxylic acids is 1. The largest absolute Gasteiger partial charge is 0.346 e. The number of unbranched alkanes of at least 4 members (excludes halogenated alkanes) is 1. The summed E-state index contributed by atoms with van der Waals surface area (Å²) in [7, 11) is -3.76. The summed E-state index contributed by atoms with van der Waals surface area (Å²) in [5.41, 5.74) is 1.62. The zero-order chi connectivity index (χ0) is 22.0. The Morgan fingerprint density at radius 1 is 1.32 bits per heavy atom. The number of carbonyl (C=O) groups is 1. The fraction of sp³-hybridized carbons (Fsp3) is 0.286. The number of amides is 1. The predicted octanol–water partition coefficient (Wildman–Crippen LogP) is 3.54.